The number of hydrogen-bond donors (Lipinski definition) is 1. The van der Waals surface area contributed by atoms with Gasteiger partial charge in [-0.15, -0.1) is 0 Å². The van der Waals surface area contributed by atoms with E-state index in [-0.39, 0.29) is 18.4 Å². The average molecular weight is 327 g/mol. The van der Waals surface area contributed by atoms with Gasteiger partial charge in [0.25, 0.3) is 0 Å². The molecule has 0 spiro atoms. The summed E-state index contributed by atoms with van der Waals surface area (Å²) in [6.45, 7) is 0.724. The molecule has 0 radical (unpaired) electrons. The zero-order chi connectivity index (χ0) is 15.7. The number of nitrogens with zero attached hydrogens (tertiary/aromatic N) is 2. The summed E-state index contributed by atoms with van der Waals surface area (Å²) in [6.07, 6.45) is 6.49. The molecule has 7 nitrogen and oxygen atoms in total. The van der Waals surface area contributed by atoms with Crippen molar-refractivity contribution in [2.45, 2.75) is 38.5 Å². The standard InChI is InChI=1S/C14H21N3O4S/c1-22(19,20)17-8-4-5-10(9-17)13(18)15-14-11-6-2-3-7-12(11)16-21-14/h10H,2-9H2,1H3,(H,15,18)/t10-/m1/s1. The van der Waals surface area contributed by atoms with Crippen LogP contribution in [0.4, 0.5) is 5.88 Å². The van der Waals surface area contributed by atoms with E-state index >= 15 is 0 Å². The minimum absolute atomic E-state index is 0.183. The van der Waals surface area contributed by atoms with Crippen molar-refractivity contribution in [1.29, 1.82) is 0 Å². The first-order valence-corrected chi connectivity index (χ1v) is 9.53. The van der Waals surface area contributed by atoms with Gasteiger partial charge in [0.05, 0.1) is 17.9 Å². The van der Waals surface area contributed by atoms with Crippen molar-refractivity contribution in [3.8, 4) is 0 Å². The Morgan fingerprint density at radius 1 is 1.32 bits per heavy atom. The van der Waals surface area contributed by atoms with E-state index in [0.29, 0.717) is 25.3 Å². The van der Waals surface area contributed by atoms with Crippen molar-refractivity contribution in [3.05, 3.63) is 11.3 Å². The van der Waals surface area contributed by atoms with Gasteiger partial charge in [-0.3, -0.25) is 10.1 Å². The van der Waals surface area contributed by atoms with Crippen LogP contribution in [0.1, 0.15) is 36.9 Å². The summed E-state index contributed by atoms with van der Waals surface area (Å²) < 4.78 is 29.9. The lowest BCUT2D eigenvalue weighted by molar-refractivity contribution is -0.121. The first-order chi connectivity index (χ1) is 10.4. The SMILES string of the molecule is CS(=O)(=O)N1CCC[C@@H](C(=O)Nc2onc3c2CCCC3)C1. The predicted octanol–water partition coefficient (Wildman–Crippen LogP) is 1.16. The van der Waals surface area contributed by atoms with E-state index < -0.39 is 10.0 Å². The summed E-state index contributed by atoms with van der Waals surface area (Å²) in [7, 11) is -3.25. The van der Waals surface area contributed by atoms with Gasteiger partial charge in [-0.05, 0) is 38.5 Å². The van der Waals surface area contributed by atoms with Crippen molar-refractivity contribution in [3.63, 3.8) is 0 Å². The maximum absolute atomic E-state index is 12.4. The molecule has 122 valence electrons. The third-order valence-corrected chi connectivity index (χ3v) is 5.69. The number of piperidine rings is 1. The van der Waals surface area contributed by atoms with Crippen LogP contribution in [0.5, 0.6) is 0 Å². The molecule has 2 aliphatic rings. The number of carbonyl (C=O) groups is 1. The number of fused-ring (bicyclic) bond motifs is 1. The van der Waals surface area contributed by atoms with E-state index in [4.69, 9.17) is 4.52 Å². The Labute approximate surface area is 130 Å². The summed E-state index contributed by atoms with van der Waals surface area (Å²) in [5, 5.41) is 6.82. The molecule has 1 atom stereocenters. The first kappa shape index (κ1) is 15.5. The highest BCUT2D eigenvalue weighted by Gasteiger charge is 2.31. The molecule has 1 saturated heterocycles. The van der Waals surface area contributed by atoms with Crippen molar-refractivity contribution in [2.75, 3.05) is 24.7 Å². The maximum atomic E-state index is 12.4. The molecule has 1 amide bonds. The van der Waals surface area contributed by atoms with Crippen LogP contribution in [0.3, 0.4) is 0 Å². The van der Waals surface area contributed by atoms with Gasteiger partial charge in [-0.1, -0.05) is 5.16 Å². The number of aryl methyl sites for hydroxylation is 1. The molecule has 22 heavy (non-hydrogen) atoms. The Kier molecular flexibility index (Phi) is 4.22. The number of sulfonamides is 1. The summed E-state index contributed by atoms with van der Waals surface area (Å²) in [5.41, 5.74) is 1.93. The van der Waals surface area contributed by atoms with E-state index in [2.05, 4.69) is 10.5 Å². The van der Waals surface area contributed by atoms with E-state index in [1.807, 2.05) is 0 Å². The Morgan fingerprint density at radius 2 is 2.09 bits per heavy atom. The van der Waals surface area contributed by atoms with Crippen LogP contribution in [0.25, 0.3) is 0 Å². The molecule has 1 N–H and O–H groups in total. The van der Waals surface area contributed by atoms with Crippen molar-refractivity contribution >= 4 is 21.8 Å². The normalized spacial score (nSPS) is 23.0. The second-order valence-electron chi connectivity index (χ2n) is 6.09. The Bertz CT molecular complexity index is 668. The number of nitrogens with one attached hydrogen (secondary N) is 1. The third kappa shape index (κ3) is 3.17. The van der Waals surface area contributed by atoms with Gasteiger partial charge in [0.1, 0.15) is 0 Å². The van der Waals surface area contributed by atoms with Gasteiger partial charge in [0.15, 0.2) is 0 Å². The largest absolute Gasteiger partial charge is 0.338 e. The van der Waals surface area contributed by atoms with Crippen LogP contribution in [-0.2, 0) is 27.7 Å². The lowest BCUT2D eigenvalue weighted by Crippen LogP contribution is -2.43. The second kappa shape index (κ2) is 6.00. The zero-order valence-electron chi connectivity index (χ0n) is 12.7. The van der Waals surface area contributed by atoms with Gasteiger partial charge in [0.2, 0.25) is 21.8 Å². The molecule has 0 saturated carbocycles. The van der Waals surface area contributed by atoms with Crippen LogP contribution < -0.4 is 5.32 Å². The van der Waals surface area contributed by atoms with Gasteiger partial charge in [-0.25, -0.2) is 12.7 Å². The zero-order valence-corrected chi connectivity index (χ0v) is 13.5. The molecule has 1 aliphatic heterocycles. The molecule has 0 unspecified atom stereocenters. The topological polar surface area (TPSA) is 92.5 Å². The fourth-order valence-electron chi connectivity index (χ4n) is 3.16. The molecule has 1 fully saturated rings. The van der Waals surface area contributed by atoms with Crippen LogP contribution in [-0.4, -0.2) is 43.1 Å². The van der Waals surface area contributed by atoms with Gasteiger partial charge in [0, 0.05) is 18.7 Å². The third-order valence-electron chi connectivity index (χ3n) is 4.42. The van der Waals surface area contributed by atoms with E-state index in [9.17, 15) is 13.2 Å². The monoisotopic (exact) mass is 327 g/mol. The lowest BCUT2D eigenvalue weighted by Gasteiger charge is -2.29. The number of anilines is 1. The highest BCUT2D eigenvalue weighted by molar-refractivity contribution is 7.88. The number of carbonyl (C=O) groups excluding carboxylic acids is 1. The fourth-order valence-corrected chi connectivity index (χ4v) is 4.07. The smallest absolute Gasteiger partial charge is 0.234 e. The summed E-state index contributed by atoms with van der Waals surface area (Å²) in [5.74, 6) is -0.0816. The Balaban J connectivity index is 1.68. The number of amides is 1. The number of hydrogen-bond acceptors (Lipinski definition) is 5. The van der Waals surface area contributed by atoms with Gasteiger partial charge >= 0.3 is 0 Å². The predicted molar refractivity (Wildman–Crippen MR) is 80.9 cm³/mol. The minimum Gasteiger partial charge on any atom is -0.338 e. The summed E-state index contributed by atoms with van der Waals surface area (Å²) >= 11 is 0. The van der Waals surface area contributed by atoms with Crippen molar-refractivity contribution in [1.82, 2.24) is 9.46 Å². The molecular formula is C14H21N3O4S. The Hall–Kier alpha value is -1.41. The fraction of sp³-hybridized carbons (Fsp3) is 0.714. The van der Waals surface area contributed by atoms with Crippen LogP contribution in [0.15, 0.2) is 4.52 Å². The lowest BCUT2D eigenvalue weighted by atomic mass is 9.96. The summed E-state index contributed by atoms with van der Waals surface area (Å²) in [6, 6.07) is 0. The second-order valence-corrected chi connectivity index (χ2v) is 8.08. The molecule has 3 rings (SSSR count). The van der Waals surface area contributed by atoms with Crippen molar-refractivity contribution in [2.24, 2.45) is 5.92 Å². The van der Waals surface area contributed by atoms with E-state index in [0.717, 1.165) is 36.9 Å². The Morgan fingerprint density at radius 3 is 2.86 bits per heavy atom. The molecule has 2 heterocycles. The van der Waals surface area contributed by atoms with Gasteiger partial charge < -0.3 is 4.52 Å². The van der Waals surface area contributed by atoms with Gasteiger partial charge in [-0.2, -0.15) is 0 Å². The highest BCUT2D eigenvalue weighted by atomic mass is 32.2. The van der Waals surface area contributed by atoms with Crippen LogP contribution in [0.2, 0.25) is 0 Å². The van der Waals surface area contributed by atoms with Crippen LogP contribution in [0, 0.1) is 5.92 Å². The highest BCUT2D eigenvalue weighted by Crippen LogP contribution is 2.28. The maximum Gasteiger partial charge on any atom is 0.234 e. The molecule has 8 heteroatoms. The van der Waals surface area contributed by atoms with E-state index in [1.54, 1.807) is 0 Å². The molecule has 0 aromatic carbocycles. The molecule has 1 aromatic rings. The molecule has 0 bridgehead atoms. The van der Waals surface area contributed by atoms with E-state index in [1.165, 1.54) is 10.6 Å². The molecule has 1 aliphatic carbocycles. The van der Waals surface area contributed by atoms with Crippen molar-refractivity contribution < 1.29 is 17.7 Å². The molecule has 1 aromatic heterocycles. The first-order valence-electron chi connectivity index (χ1n) is 7.68. The quantitative estimate of drug-likeness (QED) is 0.899. The summed E-state index contributed by atoms with van der Waals surface area (Å²) in [4.78, 5) is 12.4. The number of rotatable bonds is 3. The van der Waals surface area contributed by atoms with Crippen LogP contribution >= 0.6 is 0 Å². The average Bonchev–Trinajstić information content (AvgIpc) is 2.90. The molecular weight excluding hydrogens is 306 g/mol. The number of aromatic nitrogens is 1. The minimum atomic E-state index is -3.25.